The lowest BCUT2D eigenvalue weighted by Gasteiger charge is -2.27. The summed E-state index contributed by atoms with van der Waals surface area (Å²) in [4.78, 5) is 10.1. The molecular formula is C8H10ClN3OS. The van der Waals surface area contributed by atoms with Gasteiger partial charge in [-0.1, -0.05) is 11.6 Å². The van der Waals surface area contributed by atoms with Gasteiger partial charge in [0.05, 0.1) is 0 Å². The summed E-state index contributed by atoms with van der Waals surface area (Å²) in [7, 11) is -0.674. The largest absolute Gasteiger partial charge is 0.352 e. The Morgan fingerprint density at radius 1 is 1.29 bits per heavy atom. The summed E-state index contributed by atoms with van der Waals surface area (Å²) in [6, 6.07) is 0. The molecule has 14 heavy (non-hydrogen) atoms. The van der Waals surface area contributed by atoms with Crippen LogP contribution in [0.5, 0.6) is 0 Å². The lowest BCUT2D eigenvalue weighted by molar-refractivity contribution is 0.672. The summed E-state index contributed by atoms with van der Waals surface area (Å²) < 4.78 is 11.1. The fourth-order valence-electron chi connectivity index (χ4n) is 1.38. The fraction of sp³-hybridized carbons (Fsp3) is 0.500. The van der Waals surface area contributed by atoms with Crippen LogP contribution < -0.4 is 4.90 Å². The minimum absolute atomic E-state index is 0.417. The van der Waals surface area contributed by atoms with Crippen LogP contribution in [0.3, 0.4) is 0 Å². The predicted octanol–water partition coefficient (Wildman–Crippen LogP) is 0.699. The van der Waals surface area contributed by atoms with E-state index in [4.69, 9.17) is 11.6 Å². The quantitative estimate of drug-likeness (QED) is 0.714. The molecule has 1 fully saturated rings. The smallest absolute Gasteiger partial charge is 0.171 e. The summed E-state index contributed by atoms with van der Waals surface area (Å²) in [5.41, 5.74) is 0. The average molecular weight is 232 g/mol. The molecule has 1 aliphatic rings. The van der Waals surface area contributed by atoms with E-state index in [1.54, 1.807) is 12.4 Å². The Hall–Kier alpha value is -0.680. The van der Waals surface area contributed by atoms with Crippen molar-refractivity contribution in [3.8, 4) is 0 Å². The third kappa shape index (κ3) is 2.04. The molecule has 1 aliphatic heterocycles. The van der Waals surface area contributed by atoms with Crippen LogP contribution in [0.4, 0.5) is 5.82 Å². The SMILES string of the molecule is O=S1CCN(c2nccnc2Cl)CC1. The molecule has 1 aromatic rings. The molecule has 0 atom stereocenters. The van der Waals surface area contributed by atoms with Crippen LogP contribution in [0.25, 0.3) is 0 Å². The molecule has 6 heteroatoms. The van der Waals surface area contributed by atoms with Gasteiger partial charge >= 0.3 is 0 Å². The first-order valence-corrected chi connectivity index (χ1v) is 6.20. The standard InChI is InChI=1S/C8H10ClN3OS/c9-7-8(11-2-1-10-7)12-3-5-14(13)6-4-12/h1-2H,3-6H2. The second kappa shape index (κ2) is 4.23. The maximum Gasteiger partial charge on any atom is 0.171 e. The molecule has 0 spiro atoms. The van der Waals surface area contributed by atoms with Gasteiger partial charge in [0, 0.05) is 47.8 Å². The number of anilines is 1. The van der Waals surface area contributed by atoms with Crippen LogP contribution in [0, 0.1) is 0 Å². The van der Waals surface area contributed by atoms with Crippen molar-refractivity contribution in [1.29, 1.82) is 0 Å². The number of aromatic nitrogens is 2. The molecule has 0 bridgehead atoms. The Bertz CT molecular complexity index is 350. The molecule has 0 N–H and O–H groups in total. The number of halogens is 1. The van der Waals surface area contributed by atoms with Crippen molar-refractivity contribution in [2.75, 3.05) is 29.5 Å². The molecule has 0 saturated carbocycles. The van der Waals surface area contributed by atoms with Crippen LogP contribution in [0.2, 0.25) is 5.15 Å². The molecule has 2 rings (SSSR count). The van der Waals surface area contributed by atoms with Crippen molar-refractivity contribution < 1.29 is 4.21 Å². The molecule has 0 unspecified atom stereocenters. The number of nitrogens with zero attached hydrogens (tertiary/aromatic N) is 3. The molecular weight excluding hydrogens is 222 g/mol. The van der Waals surface area contributed by atoms with Crippen LogP contribution in [0.15, 0.2) is 12.4 Å². The number of hydrogen-bond donors (Lipinski definition) is 0. The summed E-state index contributed by atoms with van der Waals surface area (Å²) in [6.45, 7) is 1.48. The first-order valence-electron chi connectivity index (χ1n) is 4.34. The van der Waals surface area contributed by atoms with Crippen molar-refractivity contribution in [3.63, 3.8) is 0 Å². The Morgan fingerprint density at radius 3 is 2.57 bits per heavy atom. The summed E-state index contributed by atoms with van der Waals surface area (Å²) in [6.07, 6.45) is 3.18. The van der Waals surface area contributed by atoms with Crippen molar-refractivity contribution in [1.82, 2.24) is 9.97 Å². The van der Waals surface area contributed by atoms with Crippen molar-refractivity contribution >= 4 is 28.2 Å². The van der Waals surface area contributed by atoms with Gasteiger partial charge in [-0.05, 0) is 0 Å². The highest BCUT2D eigenvalue weighted by Gasteiger charge is 2.18. The van der Waals surface area contributed by atoms with Crippen molar-refractivity contribution in [2.45, 2.75) is 0 Å². The highest BCUT2D eigenvalue weighted by Crippen LogP contribution is 2.20. The Morgan fingerprint density at radius 2 is 1.93 bits per heavy atom. The Balaban J connectivity index is 2.16. The maximum absolute atomic E-state index is 11.1. The van der Waals surface area contributed by atoms with Crippen LogP contribution in [-0.2, 0) is 10.8 Å². The molecule has 76 valence electrons. The normalized spacial score (nSPS) is 18.5. The number of rotatable bonds is 1. The van der Waals surface area contributed by atoms with Crippen LogP contribution >= 0.6 is 11.6 Å². The van der Waals surface area contributed by atoms with Gasteiger partial charge in [-0.15, -0.1) is 0 Å². The first kappa shape index (κ1) is 9.86. The first-order chi connectivity index (χ1) is 6.77. The second-order valence-electron chi connectivity index (χ2n) is 3.01. The van der Waals surface area contributed by atoms with E-state index >= 15 is 0 Å². The molecule has 4 nitrogen and oxygen atoms in total. The van der Waals surface area contributed by atoms with E-state index in [2.05, 4.69) is 9.97 Å². The summed E-state index contributed by atoms with van der Waals surface area (Å²) >= 11 is 5.90. The lowest BCUT2D eigenvalue weighted by Crippen LogP contribution is -2.38. The fourth-order valence-corrected chi connectivity index (χ4v) is 2.65. The highest BCUT2D eigenvalue weighted by molar-refractivity contribution is 7.85. The van der Waals surface area contributed by atoms with E-state index in [0.29, 0.717) is 22.5 Å². The summed E-state index contributed by atoms with van der Waals surface area (Å²) in [5.74, 6) is 2.07. The van der Waals surface area contributed by atoms with Gasteiger partial charge < -0.3 is 4.90 Å². The van der Waals surface area contributed by atoms with E-state index in [0.717, 1.165) is 13.1 Å². The van der Waals surface area contributed by atoms with Gasteiger partial charge in [-0.25, -0.2) is 9.97 Å². The van der Waals surface area contributed by atoms with E-state index < -0.39 is 10.8 Å². The Labute approximate surface area is 89.8 Å². The van der Waals surface area contributed by atoms with Gasteiger partial charge in [0.1, 0.15) is 0 Å². The Kier molecular flexibility index (Phi) is 2.98. The van der Waals surface area contributed by atoms with Gasteiger partial charge in [-0.3, -0.25) is 4.21 Å². The van der Waals surface area contributed by atoms with E-state index in [1.807, 2.05) is 4.90 Å². The highest BCUT2D eigenvalue weighted by atomic mass is 35.5. The minimum atomic E-state index is -0.674. The molecule has 0 radical (unpaired) electrons. The summed E-state index contributed by atoms with van der Waals surface area (Å²) in [5, 5.41) is 0.417. The monoisotopic (exact) mass is 231 g/mol. The van der Waals surface area contributed by atoms with Gasteiger partial charge in [0.15, 0.2) is 11.0 Å². The van der Waals surface area contributed by atoms with Crippen molar-refractivity contribution in [2.24, 2.45) is 0 Å². The van der Waals surface area contributed by atoms with Crippen LogP contribution in [0.1, 0.15) is 0 Å². The number of hydrogen-bond acceptors (Lipinski definition) is 4. The predicted molar refractivity (Wildman–Crippen MR) is 57.1 cm³/mol. The molecule has 0 aromatic carbocycles. The van der Waals surface area contributed by atoms with Gasteiger partial charge in [-0.2, -0.15) is 0 Å². The topological polar surface area (TPSA) is 46.1 Å². The van der Waals surface area contributed by atoms with E-state index in [-0.39, 0.29) is 0 Å². The zero-order valence-corrected chi connectivity index (χ0v) is 9.09. The lowest BCUT2D eigenvalue weighted by atomic mass is 10.5. The average Bonchev–Trinajstić information content (AvgIpc) is 2.20. The van der Waals surface area contributed by atoms with Crippen molar-refractivity contribution in [3.05, 3.63) is 17.5 Å². The third-order valence-corrected chi connectivity index (χ3v) is 3.66. The van der Waals surface area contributed by atoms with Crippen LogP contribution in [-0.4, -0.2) is 38.8 Å². The zero-order chi connectivity index (χ0) is 9.97. The third-order valence-electron chi connectivity index (χ3n) is 2.11. The van der Waals surface area contributed by atoms with Gasteiger partial charge in [0.25, 0.3) is 0 Å². The molecule has 2 heterocycles. The molecule has 1 aromatic heterocycles. The zero-order valence-electron chi connectivity index (χ0n) is 7.52. The van der Waals surface area contributed by atoms with Gasteiger partial charge in [0.2, 0.25) is 0 Å². The van der Waals surface area contributed by atoms with E-state index in [1.165, 1.54) is 0 Å². The second-order valence-corrected chi connectivity index (χ2v) is 5.06. The molecule has 0 amide bonds. The molecule has 0 aliphatic carbocycles. The minimum Gasteiger partial charge on any atom is -0.352 e. The molecule has 1 saturated heterocycles. The van der Waals surface area contributed by atoms with E-state index in [9.17, 15) is 4.21 Å². The maximum atomic E-state index is 11.1.